The second-order valence-corrected chi connectivity index (χ2v) is 15.9. The Morgan fingerprint density at radius 3 is 2.33 bits per heavy atom. The first kappa shape index (κ1) is 35.1. The summed E-state index contributed by atoms with van der Waals surface area (Å²) in [6, 6.07) is 5.81. The molecular weight excluding hydrogens is 714 g/mol. The Balaban J connectivity index is 1.18. The minimum Gasteiger partial charge on any atom is -0.481 e. The molecule has 9 rings (SSSR count). The molecule has 10 nitrogen and oxygen atoms in total. The summed E-state index contributed by atoms with van der Waals surface area (Å²) in [5, 5.41) is 8.54. The number of aryl methyl sites for hydroxylation is 1. The number of anilines is 2. The number of carbonyl (C=O) groups excluding carboxylic acids is 1. The van der Waals surface area contributed by atoms with Crippen LogP contribution in [0.4, 0.5) is 38.1 Å². The van der Waals surface area contributed by atoms with Crippen molar-refractivity contribution in [2.45, 2.75) is 62.8 Å². The number of benzene rings is 2. The molecule has 2 spiro atoms. The maximum absolute atomic E-state index is 14.1. The molecule has 1 amide bonds. The van der Waals surface area contributed by atoms with E-state index < -0.39 is 31.0 Å². The van der Waals surface area contributed by atoms with Crippen LogP contribution in [0.1, 0.15) is 49.1 Å². The van der Waals surface area contributed by atoms with Crippen LogP contribution < -0.4 is 14.5 Å². The Hall–Kier alpha value is -4.60. The molecule has 4 saturated heterocycles. The number of likely N-dealkylation sites (tertiary alicyclic amines) is 2. The van der Waals surface area contributed by atoms with Gasteiger partial charge in [0.1, 0.15) is 11.3 Å². The molecule has 4 aromatic rings. The first-order valence-corrected chi connectivity index (χ1v) is 18.4. The minimum atomic E-state index is -4.64. The molecule has 0 radical (unpaired) electrons. The van der Waals surface area contributed by atoms with Gasteiger partial charge in [0.2, 0.25) is 11.9 Å². The van der Waals surface area contributed by atoms with Crippen molar-refractivity contribution in [2.75, 3.05) is 68.8 Å². The van der Waals surface area contributed by atoms with Crippen LogP contribution in [0.2, 0.25) is 0 Å². The lowest BCUT2D eigenvalue weighted by molar-refractivity contribution is -0.182. The number of hydrogen-bond donors (Lipinski definition) is 1. The molecule has 5 aliphatic rings. The van der Waals surface area contributed by atoms with Crippen LogP contribution in [-0.4, -0.2) is 113 Å². The van der Waals surface area contributed by atoms with Gasteiger partial charge in [0, 0.05) is 67.6 Å². The summed E-state index contributed by atoms with van der Waals surface area (Å²) in [5.74, 6) is 0.811. The molecule has 0 unspecified atom stereocenters. The first-order valence-electron chi connectivity index (χ1n) is 18.4. The number of hydrogen-bond acceptors (Lipinski definition) is 8. The molecule has 6 heterocycles. The number of nitrogens with zero attached hydrogens (tertiary/aromatic N) is 7. The van der Waals surface area contributed by atoms with Crippen molar-refractivity contribution in [1.82, 2.24) is 30.0 Å². The SMILES string of the molecule is C=CC(=O)N1CC2(CCN(c3nc(N4CC5(CCN5CC(F)(F)F)C4)nc4c(OCC(F)(F)F)c(-c5c(C)ccc6[nH]ncc56)c(C5CC5)cc34)CC2)C1. The number of aromatic amines is 1. The normalized spacial score (nSPS) is 21.1. The Morgan fingerprint density at radius 2 is 1.70 bits per heavy atom. The van der Waals surface area contributed by atoms with Crippen molar-refractivity contribution < 1.29 is 35.9 Å². The van der Waals surface area contributed by atoms with Gasteiger partial charge in [-0.3, -0.25) is 14.8 Å². The Morgan fingerprint density at radius 1 is 0.963 bits per heavy atom. The number of piperidine rings is 1. The number of H-pyrrole nitrogens is 1. The zero-order chi connectivity index (χ0) is 37.8. The lowest BCUT2D eigenvalue weighted by atomic mass is 9.72. The predicted molar refractivity (Wildman–Crippen MR) is 191 cm³/mol. The molecule has 0 bridgehead atoms. The van der Waals surface area contributed by atoms with Crippen molar-refractivity contribution in [3.05, 3.63) is 48.2 Å². The van der Waals surface area contributed by atoms with Crippen LogP contribution in [0, 0.1) is 12.3 Å². The molecular formula is C38H40F6N8O2. The number of ether oxygens (including phenoxy) is 1. The number of rotatable bonds is 8. The zero-order valence-corrected chi connectivity index (χ0v) is 29.8. The quantitative estimate of drug-likeness (QED) is 0.156. The van der Waals surface area contributed by atoms with Crippen LogP contribution in [0.25, 0.3) is 32.9 Å². The maximum atomic E-state index is 14.1. The second kappa shape index (κ2) is 12.2. The summed E-state index contributed by atoms with van der Waals surface area (Å²) >= 11 is 0. The second-order valence-electron chi connectivity index (χ2n) is 15.9. The third-order valence-electron chi connectivity index (χ3n) is 12.2. The van der Waals surface area contributed by atoms with Gasteiger partial charge in [0.15, 0.2) is 12.4 Å². The fourth-order valence-electron chi connectivity index (χ4n) is 9.11. The molecule has 286 valence electrons. The van der Waals surface area contributed by atoms with E-state index in [1.54, 1.807) is 11.1 Å². The van der Waals surface area contributed by atoms with Gasteiger partial charge in [-0.1, -0.05) is 12.6 Å². The highest BCUT2D eigenvalue weighted by atomic mass is 19.4. The van der Waals surface area contributed by atoms with Crippen LogP contribution in [0.5, 0.6) is 5.75 Å². The monoisotopic (exact) mass is 754 g/mol. The average Bonchev–Trinajstić information content (AvgIpc) is 3.82. The van der Waals surface area contributed by atoms with Gasteiger partial charge in [0.05, 0.1) is 23.8 Å². The van der Waals surface area contributed by atoms with Crippen molar-refractivity contribution in [2.24, 2.45) is 5.41 Å². The third-order valence-corrected chi connectivity index (χ3v) is 12.2. The lowest BCUT2D eigenvalue weighted by Crippen LogP contribution is -2.78. The van der Waals surface area contributed by atoms with E-state index in [1.165, 1.54) is 11.0 Å². The van der Waals surface area contributed by atoms with Gasteiger partial charge in [-0.2, -0.15) is 36.4 Å². The molecule has 1 saturated carbocycles. The van der Waals surface area contributed by atoms with Gasteiger partial charge < -0.3 is 19.4 Å². The molecule has 54 heavy (non-hydrogen) atoms. The number of fused-ring (bicyclic) bond motifs is 2. The van der Waals surface area contributed by atoms with E-state index in [9.17, 15) is 31.1 Å². The molecule has 1 N–H and O–H groups in total. The molecule has 16 heteroatoms. The van der Waals surface area contributed by atoms with Gasteiger partial charge in [-0.15, -0.1) is 0 Å². The number of nitrogens with one attached hydrogen (secondary N) is 1. The fraction of sp³-hybridized carbons (Fsp3) is 0.526. The van der Waals surface area contributed by atoms with Gasteiger partial charge in [-0.05, 0) is 79.8 Å². The molecule has 2 aromatic carbocycles. The lowest BCUT2D eigenvalue weighted by Gasteiger charge is -2.62. The van der Waals surface area contributed by atoms with Crippen molar-refractivity contribution in [3.8, 4) is 16.9 Å². The summed E-state index contributed by atoms with van der Waals surface area (Å²) in [5.41, 5.74) is 3.22. The van der Waals surface area contributed by atoms with Gasteiger partial charge in [-0.25, -0.2) is 4.98 Å². The fourth-order valence-corrected chi connectivity index (χ4v) is 9.11. The number of amides is 1. The third kappa shape index (κ3) is 6.00. The van der Waals surface area contributed by atoms with E-state index >= 15 is 0 Å². The molecule has 5 fully saturated rings. The largest absolute Gasteiger partial charge is 0.481 e. The Kier molecular flexibility index (Phi) is 7.94. The number of halogens is 6. The molecule has 4 aliphatic heterocycles. The first-order chi connectivity index (χ1) is 25.6. The highest BCUT2D eigenvalue weighted by molar-refractivity contribution is 6.06. The smallest absolute Gasteiger partial charge is 0.422 e. The average molecular weight is 755 g/mol. The number of aromatic nitrogens is 4. The maximum Gasteiger partial charge on any atom is 0.422 e. The van der Waals surface area contributed by atoms with Crippen molar-refractivity contribution in [3.63, 3.8) is 0 Å². The van der Waals surface area contributed by atoms with Gasteiger partial charge >= 0.3 is 12.4 Å². The van der Waals surface area contributed by atoms with E-state index in [-0.39, 0.29) is 47.5 Å². The Bertz CT molecular complexity index is 2160. The van der Waals surface area contributed by atoms with Crippen LogP contribution in [0.15, 0.2) is 37.1 Å². The van der Waals surface area contributed by atoms with E-state index in [4.69, 9.17) is 14.7 Å². The highest BCUT2D eigenvalue weighted by Crippen LogP contribution is 2.54. The van der Waals surface area contributed by atoms with E-state index in [0.717, 1.165) is 47.7 Å². The standard InChI is InChI=1S/C38H40F6N8O2/c1-3-28(53)50-16-35(17-50)8-11-49(12-9-35)33-25-14-24(23-5-6-23)30(29-22(2)4-7-27-26(29)15-45-48-27)32(54-21-38(42,43)44)31(25)46-34(47-33)51-18-36(19-51)10-13-52(36)20-37(39,40)41/h3-4,7,14-15,23H,1,5-6,8-13,16-21H2,2H3,(H,45,48). The van der Waals surface area contributed by atoms with E-state index in [0.29, 0.717) is 61.5 Å². The summed E-state index contributed by atoms with van der Waals surface area (Å²) in [6.07, 6.45) is -2.11. The zero-order valence-electron chi connectivity index (χ0n) is 29.8. The molecule has 0 atom stereocenters. The van der Waals surface area contributed by atoms with Crippen LogP contribution >= 0.6 is 0 Å². The summed E-state index contributed by atoms with van der Waals surface area (Å²) in [7, 11) is 0. The summed E-state index contributed by atoms with van der Waals surface area (Å²) in [4.78, 5) is 29.4. The van der Waals surface area contributed by atoms with Crippen molar-refractivity contribution in [1.29, 1.82) is 0 Å². The van der Waals surface area contributed by atoms with Crippen LogP contribution in [-0.2, 0) is 4.79 Å². The minimum absolute atomic E-state index is 0.0112. The van der Waals surface area contributed by atoms with E-state index in [1.807, 2.05) is 30.0 Å². The van der Waals surface area contributed by atoms with Gasteiger partial charge in [0.25, 0.3) is 0 Å². The highest BCUT2D eigenvalue weighted by Gasteiger charge is 2.56. The Labute approximate surface area is 307 Å². The van der Waals surface area contributed by atoms with E-state index in [2.05, 4.69) is 21.7 Å². The summed E-state index contributed by atoms with van der Waals surface area (Å²) in [6.45, 7) is 6.30. The molecule has 1 aliphatic carbocycles. The van der Waals surface area contributed by atoms with Crippen LogP contribution in [0.3, 0.4) is 0 Å². The summed E-state index contributed by atoms with van der Waals surface area (Å²) < 4.78 is 88.3. The number of carbonyl (C=O) groups is 1. The number of alkyl halides is 6. The predicted octanol–water partition coefficient (Wildman–Crippen LogP) is 6.74. The molecule has 2 aromatic heterocycles. The van der Waals surface area contributed by atoms with Crippen molar-refractivity contribution >= 4 is 39.5 Å². The topological polar surface area (TPSA) is 93.7 Å².